The summed E-state index contributed by atoms with van der Waals surface area (Å²) in [5.41, 5.74) is 0. The summed E-state index contributed by atoms with van der Waals surface area (Å²) in [6, 6.07) is 0. The van der Waals surface area contributed by atoms with E-state index in [9.17, 15) is 4.21 Å². The van der Waals surface area contributed by atoms with E-state index < -0.39 is 10.8 Å². The summed E-state index contributed by atoms with van der Waals surface area (Å²) in [6.45, 7) is 6.88. The fourth-order valence-electron chi connectivity index (χ4n) is 1.15. The van der Waals surface area contributed by atoms with Crippen molar-refractivity contribution in [2.75, 3.05) is 38.3 Å². The van der Waals surface area contributed by atoms with Crippen molar-refractivity contribution in [2.45, 2.75) is 26.6 Å². The number of hydrogen-bond acceptors (Lipinski definition) is 4. The molecule has 0 saturated carbocycles. The van der Waals surface area contributed by atoms with Crippen molar-refractivity contribution < 1.29 is 13.7 Å². The second kappa shape index (κ2) is 10.5. The molecule has 0 aromatic heterocycles. The molecule has 15 heavy (non-hydrogen) atoms. The lowest BCUT2D eigenvalue weighted by molar-refractivity contribution is -0.138. The highest BCUT2D eigenvalue weighted by Crippen LogP contribution is 1.99. The zero-order chi connectivity index (χ0) is 11.5. The molecule has 0 aliphatic rings. The Morgan fingerprint density at radius 3 is 2.27 bits per heavy atom. The number of hydrogen-bond donors (Lipinski definition) is 1. The Balaban J connectivity index is 3.39. The summed E-state index contributed by atoms with van der Waals surface area (Å²) in [7, 11) is -0.712. The molecule has 0 aliphatic heterocycles. The number of nitrogens with one attached hydrogen (secondary N) is 1. The van der Waals surface area contributed by atoms with Gasteiger partial charge < -0.3 is 14.8 Å². The third-order valence-electron chi connectivity index (χ3n) is 1.83. The maximum atomic E-state index is 10.8. The molecule has 0 aliphatic carbocycles. The topological polar surface area (TPSA) is 47.6 Å². The van der Waals surface area contributed by atoms with Crippen LogP contribution in [0.5, 0.6) is 0 Å². The Bertz CT molecular complexity index is 161. The minimum absolute atomic E-state index is 0.111. The molecule has 0 aromatic rings. The van der Waals surface area contributed by atoms with Gasteiger partial charge in [0.25, 0.3) is 0 Å². The van der Waals surface area contributed by atoms with Crippen LogP contribution in [0.1, 0.15) is 20.3 Å². The first-order chi connectivity index (χ1) is 7.20. The third-order valence-corrected chi connectivity index (χ3v) is 2.61. The van der Waals surface area contributed by atoms with Crippen LogP contribution in [0.4, 0.5) is 0 Å². The molecule has 0 aromatic carbocycles. The molecule has 1 atom stereocenters. The van der Waals surface area contributed by atoms with Crippen LogP contribution in [-0.2, 0) is 20.3 Å². The van der Waals surface area contributed by atoms with E-state index in [-0.39, 0.29) is 6.29 Å². The molecule has 1 unspecified atom stereocenters. The SMILES string of the molecule is CCOC(CCNCCS(C)=O)OCC. The quantitative estimate of drug-likeness (QED) is 0.450. The third kappa shape index (κ3) is 10.3. The monoisotopic (exact) mass is 237 g/mol. The fraction of sp³-hybridized carbons (Fsp3) is 1.00. The van der Waals surface area contributed by atoms with Gasteiger partial charge in [-0.25, -0.2) is 0 Å². The molecule has 0 saturated heterocycles. The Kier molecular flexibility index (Phi) is 10.6. The summed E-state index contributed by atoms with van der Waals surface area (Å²) in [5, 5.41) is 3.21. The van der Waals surface area contributed by atoms with Crippen molar-refractivity contribution in [3.8, 4) is 0 Å². The second-order valence-corrected chi connectivity index (χ2v) is 4.71. The lowest BCUT2D eigenvalue weighted by Gasteiger charge is -2.16. The van der Waals surface area contributed by atoms with E-state index in [1.807, 2.05) is 13.8 Å². The van der Waals surface area contributed by atoms with Gasteiger partial charge in [-0.1, -0.05) is 0 Å². The van der Waals surface area contributed by atoms with Crippen molar-refractivity contribution >= 4 is 10.8 Å². The predicted molar refractivity (Wildman–Crippen MR) is 63.5 cm³/mol. The molecule has 0 heterocycles. The standard InChI is InChI=1S/C10H23NO3S/c1-4-13-10(14-5-2)6-7-11-8-9-15(3)12/h10-11H,4-9H2,1-3H3. The molecule has 0 fully saturated rings. The minimum Gasteiger partial charge on any atom is -0.353 e. The zero-order valence-corrected chi connectivity index (χ0v) is 10.8. The van der Waals surface area contributed by atoms with Crippen LogP contribution in [0.3, 0.4) is 0 Å². The van der Waals surface area contributed by atoms with E-state index in [2.05, 4.69) is 5.32 Å². The van der Waals surface area contributed by atoms with Crippen molar-refractivity contribution in [1.29, 1.82) is 0 Å². The Labute approximate surface area is 95.2 Å². The fourth-order valence-corrected chi connectivity index (χ4v) is 1.58. The van der Waals surface area contributed by atoms with E-state index >= 15 is 0 Å². The Hall–Kier alpha value is 0.0300. The van der Waals surface area contributed by atoms with Gasteiger partial charge in [0.2, 0.25) is 0 Å². The van der Waals surface area contributed by atoms with Crippen LogP contribution < -0.4 is 5.32 Å². The first kappa shape index (κ1) is 15.0. The summed E-state index contributed by atoms with van der Waals surface area (Å²) in [6.07, 6.45) is 2.43. The molecular weight excluding hydrogens is 214 g/mol. The average molecular weight is 237 g/mol. The lowest BCUT2D eigenvalue weighted by atomic mass is 10.4. The number of rotatable bonds is 10. The molecule has 0 bridgehead atoms. The van der Waals surface area contributed by atoms with Crippen molar-refractivity contribution in [1.82, 2.24) is 5.32 Å². The molecule has 0 amide bonds. The van der Waals surface area contributed by atoms with Gasteiger partial charge in [-0.15, -0.1) is 0 Å². The van der Waals surface area contributed by atoms with E-state index in [1.54, 1.807) is 6.26 Å². The highest BCUT2D eigenvalue weighted by molar-refractivity contribution is 7.84. The van der Waals surface area contributed by atoms with Gasteiger partial charge in [0.15, 0.2) is 6.29 Å². The summed E-state index contributed by atoms with van der Waals surface area (Å²) < 4.78 is 21.5. The van der Waals surface area contributed by atoms with Crippen molar-refractivity contribution in [3.05, 3.63) is 0 Å². The van der Waals surface area contributed by atoms with Crippen LogP contribution >= 0.6 is 0 Å². The van der Waals surface area contributed by atoms with Gasteiger partial charge in [-0.05, 0) is 20.4 Å². The summed E-state index contributed by atoms with van der Waals surface area (Å²) in [5.74, 6) is 0.702. The zero-order valence-electron chi connectivity index (χ0n) is 9.95. The minimum atomic E-state index is -0.712. The normalized spacial score (nSPS) is 13.3. The summed E-state index contributed by atoms with van der Waals surface area (Å²) in [4.78, 5) is 0. The maximum absolute atomic E-state index is 10.8. The van der Waals surface area contributed by atoms with Crippen LogP contribution in [-0.4, -0.2) is 48.8 Å². The van der Waals surface area contributed by atoms with Crippen molar-refractivity contribution in [2.24, 2.45) is 0 Å². The van der Waals surface area contributed by atoms with E-state index in [0.29, 0.717) is 19.0 Å². The maximum Gasteiger partial charge on any atom is 0.158 e. The van der Waals surface area contributed by atoms with Gasteiger partial charge in [0.05, 0.1) is 0 Å². The average Bonchev–Trinajstić information content (AvgIpc) is 2.17. The molecule has 0 spiro atoms. The van der Waals surface area contributed by atoms with Gasteiger partial charge >= 0.3 is 0 Å². The first-order valence-corrected chi connectivity index (χ1v) is 7.17. The van der Waals surface area contributed by atoms with E-state index in [0.717, 1.165) is 19.5 Å². The van der Waals surface area contributed by atoms with Gasteiger partial charge in [-0.3, -0.25) is 4.21 Å². The van der Waals surface area contributed by atoms with E-state index in [4.69, 9.17) is 9.47 Å². The molecule has 0 rings (SSSR count). The molecule has 92 valence electrons. The lowest BCUT2D eigenvalue weighted by Crippen LogP contribution is -2.27. The van der Waals surface area contributed by atoms with E-state index in [1.165, 1.54) is 0 Å². The number of ether oxygens (including phenoxy) is 2. The Morgan fingerprint density at radius 2 is 1.80 bits per heavy atom. The molecule has 0 radical (unpaired) electrons. The van der Waals surface area contributed by atoms with Crippen molar-refractivity contribution in [3.63, 3.8) is 0 Å². The highest BCUT2D eigenvalue weighted by Gasteiger charge is 2.06. The Morgan fingerprint density at radius 1 is 1.20 bits per heavy atom. The van der Waals surface area contributed by atoms with Crippen LogP contribution in [0.15, 0.2) is 0 Å². The molecular formula is C10H23NO3S. The van der Waals surface area contributed by atoms with Gasteiger partial charge in [0.1, 0.15) is 0 Å². The van der Waals surface area contributed by atoms with Crippen LogP contribution in [0.2, 0.25) is 0 Å². The second-order valence-electron chi connectivity index (χ2n) is 3.16. The van der Waals surface area contributed by atoms with Gasteiger partial charge in [-0.2, -0.15) is 0 Å². The van der Waals surface area contributed by atoms with Gasteiger partial charge in [0, 0.05) is 49.0 Å². The molecule has 4 nitrogen and oxygen atoms in total. The molecule has 1 N–H and O–H groups in total. The smallest absolute Gasteiger partial charge is 0.158 e. The largest absolute Gasteiger partial charge is 0.353 e. The molecule has 5 heteroatoms. The first-order valence-electron chi connectivity index (χ1n) is 5.44. The van der Waals surface area contributed by atoms with Crippen LogP contribution in [0, 0.1) is 0 Å². The highest BCUT2D eigenvalue weighted by atomic mass is 32.2. The predicted octanol–water partition coefficient (Wildman–Crippen LogP) is 0.744. The van der Waals surface area contributed by atoms with Crippen LogP contribution in [0.25, 0.3) is 0 Å². The summed E-state index contributed by atoms with van der Waals surface area (Å²) >= 11 is 0.